The van der Waals surface area contributed by atoms with E-state index in [4.69, 9.17) is 14.0 Å². The zero-order valence-electron chi connectivity index (χ0n) is 16.6. The Hall–Kier alpha value is -3.35. The third-order valence-electron chi connectivity index (χ3n) is 4.77. The summed E-state index contributed by atoms with van der Waals surface area (Å²) in [7, 11) is 0. The van der Waals surface area contributed by atoms with Crippen LogP contribution in [-0.2, 0) is 6.42 Å². The average molecular weight is 393 g/mol. The van der Waals surface area contributed by atoms with Crippen molar-refractivity contribution in [2.75, 3.05) is 19.9 Å². The van der Waals surface area contributed by atoms with Gasteiger partial charge in [0.25, 0.3) is 5.91 Å². The van der Waals surface area contributed by atoms with Gasteiger partial charge in [0, 0.05) is 30.6 Å². The number of ether oxygens (including phenoxy) is 2. The molecule has 7 heteroatoms. The lowest BCUT2D eigenvalue weighted by atomic mass is 10.1. The molecule has 0 bridgehead atoms. The van der Waals surface area contributed by atoms with E-state index in [0.29, 0.717) is 48.3 Å². The molecule has 150 valence electrons. The molecule has 1 aromatic heterocycles. The van der Waals surface area contributed by atoms with E-state index in [1.54, 1.807) is 0 Å². The Morgan fingerprint density at radius 2 is 1.86 bits per heavy atom. The SMILES string of the molecule is CCCN(CCc1nc(-c2ccc3c(c2)OCO3)no1)C(=O)c1ccc(C)cc1. The van der Waals surface area contributed by atoms with Crippen LogP contribution in [0, 0.1) is 6.92 Å². The van der Waals surface area contributed by atoms with Crippen molar-refractivity contribution in [1.82, 2.24) is 15.0 Å². The predicted octanol–water partition coefficient (Wildman–Crippen LogP) is 3.87. The molecular weight excluding hydrogens is 370 g/mol. The molecule has 3 aromatic rings. The molecule has 0 saturated carbocycles. The highest BCUT2D eigenvalue weighted by atomic mass is 16.7. The molecule has 0 radical (unpaired) electrons. The van der Waals surface area contributed by atoms with Crippen LogP contribution >= 0.6 is 0 Å². The molecule has 0 unspecified atom stereocenters. The number of carbonyl (C=O) groups excluding carboxylic acids is 1. The molecule has 0 N–H and O–H groups in total. The number of nitrogens with zero attached hydrogens (tertiary/aromatic N) is 3. The minimum atomic E-state index is 0.0161. The molecule has 1 aliphatic heterocycles. The first kappa shape index (κ1) is 19.0. The molecule has 29 heavy (non-hydrogen) atoms. The number of aromatic nitrogens is 2. The van der Waals surface area contributed by atoms with E-state index in [2.05, 4.69) is 17.1 Å². The number of carbonyl (C=O) groups is 1. The van der Waals surface area contributed by atoms with Gasteiger partial charge in [-0.25, -0.2) is 0 Å². The second-order valence-corrected chi connectivity index (χ2v) is 6.99. The maximum atomic E-state index is 12.8. The second kappa shape index (κ2) is 8.34. The summed E-state index contributed by atoms with van der Waals surface area (Å²) in [4.78, 5) is 19.1. The van der Waals surface area contributed by atoms with Gasteiger partial charge in [-0.1, -0.05) is 29.8 Å². The van der Waals surface area contributed by atoms with Crippen molar-refractivity contribution in [2.24, 2.45) is 0 Å². The molecule has 1 amide bonds. The zero-order chi connectivity index (χ0) is 20.2. The molecule has 1 aliphatic rings. The molecule has 0 spiro atoms. The summed E-state index contributed by atoms with van der Waals surface area (Å²) in [6.45, 7) is 5.48. The first-order valence-electron chi connectivity index (χ1n) is 9.72. The Balaban J connectivity index is 1.43. The van der Waals surface area contributed by atoms with E-state index >= 15 is 0 Å². The zero-order valence-corrected chi connectivity index (χ0v) is 16.6. The van der Waals surface area contributed by atoms with Crippen LogP contribution in [0.1, 0.15) is 35.2 Å². The largest absolute Gasteiger partial charge is 0.454 e. The molecule has 4 rings (SSSR count). The first-order chi connectivity index (χ1) is 14.1. The lowest BCUT2D eigenvalue weighted by Crippen LogP contribution is -2.33. The minimum absolute atomic E-state index is 0.0161. The predicted molar refractivity (Wildman–Crippen MR) is 107 cm³/mol. The van der Waals surface area contributed by atoms with Crippen molar-refractivity contribution < 1.29 is 18.8 Å². The van der Waals surface area contributed by atoms with Crippen LogP contribution < -0.4 is 9.47 Å². The number of fused-ring (bicyclic) bond motifs is 1. The van der Waals surface area contributed by atoms with Crippen LogP contribution in [0.25, 0.3) is 11.4 Å². The fraction of sp³-hybridized carbons (Fsp3) is 0.318. The number of benzene rings is 2. The smallest absolute Gasteiger partial charge is 0.253 e. The Morgan fingerprint density at radius 1 is 1.07 bits per heavy atom. The quantitative estimate of drug-likeness (QED) is 0.606. The van der Waals surface area contributed by atoms with Crippen molar-refractivity contribution in [3.8, 4) is 22.9 Å². The molecule has 2 aromatic carbocycles. The molecule has 0 saturated heterocycles. The monoisotopic (exact) mass is 393 g/mol. The van der Waals surface area contributed by atoms with Gasteiger partial charge in [0.05, 0.1) is 0 Å². The highest BCUT2D eigenvalue weighted by molar-refractivity contribution is 5.94. The van der Waals surface area contributed by atoms with E-state index in [0.717, 1.165) is 17.5 Å². The van der Waals surface area contributed by atoms with Gasteiger partial charge in [0.2, 0.25) is 18.5 Å². The normalized spacial score (nSPS) is 12.2. The molecule has 7 nitrogen and oxygen atoms in total. The lowest BCUT2D eigenvalue weighted by molar-refractivity contribution is 0.0754. The fourth-order valence-corrected chi connectivity index (χ4v) is 3.20. The third-order valence-corrected chi connectivity index (χ3v) is 4.77. The highest BCUT2D eigenvalue weighted by Crippen LogP contribution is 2.35. The average Bonchev–Trinajstić information content (AvgIpc) is 3.40. The highest BCUT2D eigenvalue weighted by Gasteiger charge is 2.19. The molecule has 0 aliphatic carbocycles. The maximum absolute atomic E-state index is 12.8. The Kier molecular flexibility index (Phi) is 5.46. The standard InChI is InChI=1S/C22H23N3O4/c1-3-11-25(22(26)16-6-4-15(2)5-7-16)12-10-20-23-21(24-29-20)17-8-9-18-19(13-17)28-14-27-18/h4-9,13H,3,10-12,14H2,1-2H3. The number of hydrogen-bond acceptors (Lipinski definition) is 6. The summed E-state index contributed by atoms with van der Waals surface area (Å²) in [5.74, 6) is 2.39. The number of aryl methyl sites for hydroxylation is 1. The van der Waals surface area contributed by atoms with Crippen LogP contribution in [0.4, 0.5) is 0 Å². The minimum Gasteiger partial charge on any atom is -0.454 e. The van der Waals surface area contributed by atoms with Gasteiger partial charge < -0.3 is 18.9 Å². The van der Waals surface area contributed by atoms with E-state index in [-0.39, 0.29) is 12.7 Å². The van der Waals surface area contributed by atoms with Crippen LogP contribution in [0.3, 0.4) is 0 Å². The lowest BCUT2D eigenvalue weighted by Gasteiger charge is -2.21. The van der Waals surface area contributed by atoms with E-state index < -0.39 is 0 Å². The summed E-state index contributed by atoms with van der Waals surface area (Å²) in [6.07, 6.45) is 1.37. The number of hydrogen-bond donors (Lipinski definition) is 0. The number of amides is 1. The summed E-state index contributed by atoms with van der Waals surface area (Å²) in [5.41, 5.74) is 2.62. The van der Waals surface area contributed by atoms with Crippen molar-refractivity contribution in [1.29, 1.82) is 0 Å². The summed E-state index contributed by atoms with van der Waals surface area (Å²) in [5, 5.41) is 4.06. The van der Waals surface area contributed by atoms with Crippen LogP contribution in [0.5, 0.6) is 11.5 Å². The van der Waals surface area contributed by atoms with Gasteiger partial charge in [-0.15, -0.1) is 0 Å². The second-order valence-electron chi connectivity index (χ2n) is 6.99. The summed E-state index contributed by atoms with van der Waals surface area (Å²) in [6, 6.07) is 13.2. The maximum Gasteiger partial charge on any atom is 0.253 e. The Bertz CT molecular complexity index is 998. The van der Waals surface area contributed by atoms with Crippen molar-refractivity contribution in [2.45, 2.75) is 26.7 Å². The van der Waals surface area contributed by atoms with E-state index in [9.17, 15) is 4.79 Å². The van der Waals surface area contributed by atoms with Gasteiger partial charge in [0.1, 0.15) is 0 Å². The Labute approximate surface area is 169 Å². The van der Waals surface area contributed by atoms with Crippen molar-refractivity contribution >= 4 is 5.91 Å². The van der Waals surface area contributed by atoms with Gasteiger partial charge in [-0.2, -0.15) is 4.98 Å². The van der Waals surface area contributed by atoms with Gasteiger partial charge in [-0.05, 0) is 43.7 Å². The van der Waals surface area contributed by atoms with Gasteiger partial charge in [-0.3, -0.25) is 4.79 Å². The molecule has 0 atom stereocenters. The van der Waals surface area contributed by atoms with Crippen molar-refractivity contribution in [3.05, 3.63) is 59.5 Å². The fourth-order valence-electron chi connectivity index (χ4n) is 3.20. The summed E-state index contributed by atoms with van der Waals surface area (Å²) >= 11 is 0. The van der Waals surface area contributed by atoms with Crippen LogP contribution in [-0.4, -0.2) is 40.8 Å². The van der Waals surface area contributed by atoms with E-state index in [1.165, 1.54) is 0 Å². The van der Waals surface area contributed by atoms with Crippen LogP contribution in [0.15, 0.2) is 47.0 Å². The molecule has 2 heterocycles. The molecule has 0 fully saturated rings. The van der Waals surface area contributed by atoms with Crippen LogP contribution in [0.2, 0.25) is 0 Å². The topological polar surface area (TPSA) is 77.7 Å². The van der Waals surface area contributed by atoms with Crippen molar-refractivity contribution in [3.63, 3.8) is 0 Å². The van der Waals surface area contributed by atoms with Gasteiger partial charge >= 0.3 is 0 Å². The third kappa shape index (κ3) is 4.23. The molecular formula is C22H23N3O4. The van der Waals surface area contributed by atoms with Gasteiger partial charge in [0.15, 0.2) is 11.5 Å². The summed E-state index contributed by atoms with van der Waals surface area (Å²) < 4.78 is 16.1. The Morgan fingerprint density at radius 3 is 2.66 bits per heavy atom. The number of rotatable bonds is 7. The first-order valence-corrected chi connectivity index (χ1v) is 9.72. The van der Waals surface area contributed by atoms with E-state index in [1.807, 2.05) is 54.3 Å².